The van der Waals surface area contributed by atoms with E-state index in [-0.39, 0.29) is 5.75 Å². The lowest BCUT2D eigenvalue weighted by atomic mass is 10.1. The van der Waals surface area contributed by atoms with Crippen LogP contribution in [0.2, 0.25) is 0 Å². The number of rotatable bonds is 3. The summed E-state index contributed by atoms with van der Waals surface area (Å²) in [5, 5.41) is 14.2. The number of hydrogen-bond acceptors (Lipinski definition) is 4. The van der Waals surface area contributed by atoms with Crippen LogP contribution in [-0.2, 0) is 0 Å². The molecule has 1 N–H and O–H groups in total. The first-order valence-electron chi connectivity index (χ1n) is 6.59. The molecule has 106 valence electrons. The van der Waals surface area contributed by atoms with Crippen molar-refractivity contribution in [1.29, 1.82) is 0 Å². The summed E-state index contributed by atoms with van der Waals surface area (Å²) in [5.41, 5.74) is 3.28. The molecule has 0 aliphatic carbocycles. The molecular formula is C17H15NO3. The monoisotopic (exact) mass is 281 g/mol. The zero-order valence-corrected chi connectivity index (χ0v) is 11.8. The first-order valence-corrected chi connectivity index (χ1v) is 6.59. The third-order valence-electron chi connectivity index (χ3n) is 3.34. The van der Waals surface area contributed by atoms with E-state index in [9.17, 15) is 5.11 Å². The van der Waals surface area contributed by atoms with E-state index in [2.05, 4.69) is 5.16 Å². The van der Waals surface area contributed by atoms with Crippen molar-refractivity contribution in [1.82, 2.24) is 5.16 Å². The lowest BCUT2D eigenvalue weighted by Crippen LogP contribution is -1.86. The van der Waals surface area contributed by atoms with Gasteiger partial charge in [0.2, 0.25) is 0 Å². The standard InChI is InChI=1S/C17H15NO3/c1-11-6-8-12(9-7-11)16-10-14(18-21-16)13-4-3-5-15(20-2)17(13)19/h3-10,19H,1-2H3. The van der Waals surface area contributed by atoms with Gasteiger partial charge < -0.3 is 14.4 Å². The molecule has 0 atom stereocenters. The second-order valence-corrected chi connectivity index (χ2v) is 4.80. The minimum Gasteiger partial charge on any atom is -0.504 e. The van der Waals surface area contributed by atoms with E-state index < -0.39 is 0 Å². The molecular weight excluding hydrogens is 266 g/mol. The van der Waals surface area contributed by atoms with Gasteiger partial charge in [0.25, 0.3) is 0 Å². The first kappa shape index (κ1) is 13.2. The molecule has 0 bridgehead atoms. The van der Waals surface area contributed by atoms with E-state index in [1.807, 2.05) is 31.2 Å². The normalized spacial score (nSPS) is 10.6. The van der Waals surface area contributed by atoms with Gasteiger partial charge in [0, 0.05) is 17.2 Å². The SMILES string of the molecule is COc1cccc(-c2cc(-c3ccc(C)cc3)on2)c1O. The molecule has 0 spiro atoms. The van der Waals surface area contributed by atoms with Crippen LogP contribution in [-0.4, -0.2) is 17.4 Å². The Morgan fingerprint density at radius 2 is 1.86 bits per heavy atom. The van der Waals surface area contributed by atoms with Crippen molar-refractivity contribution in [3.05, 3.63) is 54.1 Å². The average molecular weight is 281 g/mol. The lowest BCUT2D eigenvalue weighted by Gasteiger charge is -2.05. The highest BCUT2D eigenvalue weighted by Crippen LogP contribution is 2.37. The molecule has 0 amide bonds. The number of phenolic OH excluding ortho intramolecular Hbond substituents is 1. The Balaban J connectivity index is 2.00. The van der Waals surface area contributed by atoms with Crippen molar-refractivity contribution in [3.8, 4) is 34.1 Å². The van der Waals surface area contributed by atoms with E-state index in [4.69, 9.17) is 9.26 Å². The number of benzene rings is 2. The summed E-state index contributed by atoms with van der Waals surface area (Å²) in [6.07, 6.45) is 0. The van der Waals surface area contributed by atoms with Gasteiger partial charge in [-0.3, -0.25) is 0 Å². The smallest absolute Gasteiger partial charge is 0.167 e. The van der Waals surface area contributed by atoms with Gasteiger partial charge in [-0.25, -0.2) is 0 Å². The third-order valence-corrected chi connectivity index (χ3v) is 3.34. The highest BCUT2D eigenvalue weighted by molar-refractivity contribution is 5.73. The third kappa shape index (κ3) is 2.48. The largest absolute Gasteiger partial charge is 0.504 e. The van der Waals surface area contributed by atoms with Gasteiger partial charge in [-0.05, 0) is 19.1 Å². The summed E-state index contributed by atoms with van der Waals surface area (Å²) in [6.45, 7) is 2.03. The van der Waals surface area contributed by atoms with Crippen LogP contribution in [0, 0.1) is 6.92 Å². The van der Waals surface area contributed by atoms with Gasteiger partial charge in [0.05, 0.1) is 7.11 Å². The van der Waals surface area contributed by atoms with Crippen LogP contribution in [0.25, 0.3) is 22.6 Å². The molecule has 4 heteroatoms. The summed E-state index contributed by atoms with van der Waals surface area (Å²) in [4.78, 5) is 0. The van der Waals surface area contributed by atoms with Crippen LogP contribution in [0.4, 0.5) is 0 Å². The summed E-state index contributed by atoms with van der Waals surface area (Å²) in [7, 11) is 1.51. The van der Waals surface area contributed by atoms with Crippen molar-refractivity contribution < 1.29 is 14.4 Å². The van der Waals surface area contributed by atoms with E-state index >= 15 is 0 Å². The molecule has 1 heterocycles. The number of methoxy groups -OCH3 is 1. The summed E-state index contributed by atoms with van der Waals surface area (Å²) >= 11 is 0. The second-order valence-electron chi connectivity index (χ2n) is 4.80. The van der Waals surface area contributed by atoms with Crippen molar-refractivity contribution in [3.63, 3.8) is 0 Å². The summed E-state index contributed by atoms with van der Waals surface area (Å²) < 4.78 is 10.5. The molecule has 0 fully saturated rings. The van der Waals surface area contributed by atoms with Crippen molar-refractivity contribution in [2.75, 3.05) is 7.11 Å². The van der Waals surface area contributed by atoms with Gasteiger partial charge in [-0.1, -0.05) is 41.1 Å². The van der Waals surface area contributed by atoms with Crippen LogP contribution in [0.15, 0.2) is 53.1 Å². The van der Waals surface area contributed by atoms with E-state index in [0.717, 1.165) is 5.56 Å². The fraction of sp³-hybridized carbons (Fsp3) is 0.118. The number of aryl methyl sites for hydroxylation is 1. The molecule has 0 saturated carbocycles. The van der Waals surface area contributed by atoms with E-state index in [0.29, 0.717) is 22.8 Å². The zero-order valence-electron chi connectivity index (χ0n) is 11.8. The average Bonchev–Trinajstić information content (AvgIpc) is 2.98. The molecule has 3 aromatic rings. The Kier molecular flexibility index (Phi) is 3.36. The number of hydrogen-bond donors (Lipinski definition) is 1. The zero-order chi connectivity index (χ0) is 14.8. The minimum absolute atomic E-state index is 0.0590. The van der Waals surface area contributed by atoms with Gasteiger partial charge in [-0.2, -0.15) is 0 Å². The molecule has 0 aliphatic rings. The molecule has 21 heavy (non-hydrogen) atoms. The van der Waals surface area contributed by atoms with E-state index in [1.54, 1.807) is 24.3 Å². The maximum atomic E-state index is 10.2. The van der Waals surface area contributed by atoms with Crippen molar-refractivity contribution in [2.24, 2.45) is 0 Å². The quantitative estimate of drug-likeness (QED) is 0.787. The molecule has 1 aromatic heterocycles. The highest BCUT2D eigenvalue weighted by atomic mass is 16.5. The molecule has 4 nitrogen and oxygen atoms in total. The second kappa shape index (κ2) is 5.32. The Morgan fingerprint density at radius 3 is 2.57 bits per heavy atom. The van der Waals surface area contributed by atoms with Gasteiger partial charge in [0.15, 0.2) is 17.3 Å². The predicted octanol–water partition coefficient (Wildman–Crippen LogP) is 4.03. The lowest BCUT2D eigenvalue weighted by molar-refractivity contribution is 0.374. The van der Waals surface area contributed by atoms with Gasteiger partial charge in [-0.15, -0.1) is 0 Å². The number of phenols is 1. The molecule has 0 saturated heterocycles. The maximum Gasteiger partial charge on any atom is 0.167 e. The Bertz CT molecular complexity index is 760. The van der Waals surface area contributed by atoms with Crippen molar-refractivity contribution in [2.45, 2.75) is 6.92 Å². The summed E-state index contributed by atoms with van der Waals surface area (Å²) in [5.74, 6) is 1.13. The fourth-order valence-electron chi connectivity index (χ4n) is 2.15. The first-order chi connectivity index (χ1) is 10.2. The maximum absolute atomic E-state index is 10.2. The van der Waals surface area contributed by atoms with Crippen LogP contribution in [0.1, 0.15) is 5.56 Å². The summed E-state index contributed by atoms with van der Waals surface area (Å²) in [6, 6.07) is 15.1. The van der Waals surface area contributed by atoms with Crippen molar-refractivity contribution >= 4 is 0 Å². The minimum atomic E-state index is 0.0590. The molecule has 3 rings (SSSR count). The number of nitrogens with zero attached hydrogens (tertiary/aromatic N) is 1. The van der Waals surface area contributed by atoms with E-state index in [1.165, 1.54) is 12.7 Å². The number of aromatic hydroxyl groups is 1. The van der Waals surface area contributed by atoms with Crippen LogP contribution >= 0.6 is 0 Å². The number of para-hydroxylation sites is 1. The Hall–Kier alpha value is -2.75. The van der Waals surface area contributed by atoms with Crippen LogP contribution in [0.5, 0.6) is 11.5 Å². The predicted molar refractivity (Wildman–Crippen MR) is 80.3 cm³/mol. The Morgan fingerprint density at radius 1 is 1.10 bits per heavy atom. The van der Waals surface area contributed by atoms with Gasteiger partial charge >= 0.3 is 0 Å². The highest BCUT2D eigenvalue weighted by Gasteiger charge is 2.14. The Labute approximate surface area is 122 Å². The molecule has 0 radical (unpaired) electrons. The molecule has 0 unspecified atom stereocenters. The molecule has 2 aromatic carbocycles. The topological polar surface area (TPSA) is 55.5 Å². The van der Waals surface area contributed by atoms with Gasteiger partial charge in [0.1, 0.15) is 5.69 Å². The molecule has 0 aliphatic heterocycles. The van der Waals surface area contributed by atoms with Crippen LogP contribution in [0.3, 0.4) is 0 Å². The number of ether oxygens (including phenoxy) is 1. The fourth-order valence-corrected chi connectivity index (χ4v) is 2.15. The number of aromatic nitrogens is 1. The van der Waals surface area contributed by atoms with Crippen LogP contribution < -0.4 is 4.74 Å².